The van der Waals surface area contributed by atoms with E-state index in [1.165, 1.54) is 0 Å². The number of carbonyl (C=O) groups excluding carboxylic acids is 2. The first kappa shape index (κ1) is 14.3. The van der Waals surface area contributed by atoms with Crippen molar-refractivity contribution >= 4 is 11.8 Å². The number of carbonyl (C=O) groups is 2. The van der Waals surface area contributed by atoms with Crippen LogP contribution in [0.25, 0.3) is 0 Å². The molecule has 0 amide bonds. The number of esters is 1. The Hall–Kier alpha value is -1.78. The van der Waals surface area contributed by atoms with Crippen molar-refractivity contribution in [3.05, 3.63) is 35.4 Å². The van der Waals surface area contributed by atoms with Crippen molar-refractivity contribution in [1.82, 2.24) is 0 Å². The highest BCUT2D eigenvalue weighted by molar-refractivity contribution is 5.97. The highest BCUT2D eigenvalue weighted by Gasteiger charge is 2.14. The number of ether oxygens (including phenoxy) is 1. The molecule has 0 aliphatic rings. The molecule has 0 unspecified atom stereocenters. The van der Waals surface area contributed by atoms with Gasteiger partial charge in [-0.15, -0.1) is 0 Å². The zero-order valence-corrected chi connectivity index (χ0v) is 10.0. The number of rotatable bonds is 6. The van der Waals surface area contributed by atoms with Gasteiger partial charge in [0, 0.05) is 6.42 Å². The van der Waals surface area contributed by atoms with Gasteiger partial charge in [-0.3, -0.25) is 9.59 Å². The Kier molecular flexibility index (Phi) is 5.42. The van der Waals surface area contributed by atoms with E-state index in [0.717, 1.165) is 18.2 Å². The van der Waals surface area contributed by atoms with Gasteiger partial charge in [0.2, 0.25) is 0 Å². The number of hydrogen-bond donors (Lipinski definition) is 0. The molecule has 1 aromatic rings. The van der Waals surface area contributed by atoms with Crippen LogP contribution in [0.3, 0.4) is 0 Å². The fourth-order valence-electron chi connectivity index (χ4n) is 1.35. The molecule has 0 saturated carbocycles. The van der Waals surface area contributed by atoms with Crippen LogP contribution in [0.1, 0.15) is 36.5 Å². The zero-order valence-electron chi connectivity index (χ0n) is 10.0. The van der Waals surface area contributed by atoms with E-state index in [1.807, 2.05) is 6.92 Å². The molecule has 0 radical (unpaired) electrons. The van der Waals surface area contributed by atoms with Crippen LogP contribution in [0.5, 0.6) is 0 Å². The number of ketones is 1. The molecule has 0 atom stereocenters. The highest BCUT2D eigenvalue weighted by atomic mass is 19.1. The topological polar surface area (TPSA) is 43.4 Å². The number of halogens is 2. The summed E-state index contributed by atoms with van der Waals surface area (Å²) in [6.07, 6.45) is 0.371. The van der Waals surface area contributed by atoms with Crippen LogP contribution in [-0.4, -0.2) is 18.4 Å². The zero-order chi connectivity index (χ0) is 13.5. The Morgan fingerprint density at radius 3 is 2.61 bits per heavy atom. The van der Waals surface area contributed by atoms with Crippen LogP contribution in [-0.2, 0) is 9.53 Å². The maximum absolute atomic E-state index is 13.2. The molecule has 0 bridgehead atoms. The standard InChI is InChI=1S/C13H14F2O3/c1-2-7-18-13(17)6-5-12(16)10-8-9(14)3-4-11(10)15/h3-4,8H,2,5-7H2,1H3. The van der Waals surface area contributed by atoms with Crippen LogP contribution in [0.4, 0.5) is 8.78 Å². The first-order chi connectivity index (χ1) is 8.54. The van der Waals surface area contributed by atoms with Crippen LogP contribution in [0, 0.1) is 11.6 Å². The molecular formula is C13H14F2O3. The molecule has 3 nitrogen and oxygen atoms in total. The normalized spacial score (nSPS) is 10.2. The van der Waals surface area contributed by atoms with Crippen molar-refractivity contribution in [2.75, 3.05) is 6.61 Å². The molecule has 0 fully saturated rings. The second-order valence-electron chi connectivity index (χ2n) is 3.77. The van der Waals surface area contributed by atoms with E-state index in [-0.39, 0.29) is 18.4 Å². The first-order valence-electron chi connectivity index (χ1n) is 5.68. The molecule has 0 spiro atoms. The number of benzene rings is 1. The van der Waals surface area contributed by atoms with Gasteiger partial charge in [0.15, 0.2) is 5.78 Å². The average Bonchev–Trinajstić information content (AvgIpc) is 2.36. The molecule has 0 N–H and O–H groups in total. The molecule has 0 aromatic heterocycles. The smallest absolute Gasteiger partial charge is 0.306 e. The van der Waals surface area contributed by atoms with Crippen molar-refractivity contribution in [3.8, 4) is 0 Å². The van der Waals surface area contributed by atoms with E-state index in [9.17, 15) is 18.4 Å². The predicted octanol–water partition coefficient (Wildman–Crippen LogP) is 2.88. The average molecular weight is 256 g/mol. The SMILES string of the molecule is CCCOC(=O)CCC(=O)c1cc(F)ccc1F. The van der Waals surface area contributed by atoms with Crippen molar-refractivity contribution in [1.29, 1.82) is 0 Å². The van der Waals surface area contributed by atoms with E-state index in [2.05, 4.69) is 0 Å². The van der Waals surface area contributed by atoms with Gasteiger partial charge < -0.3 is 4.74 Å². The Morgan fingerprint density at radius 1 is 1.22 bits per heavy atom. The van der Waals surface area contributed by atoms with Crippen LogP contribution in [0.2, 0.25) is 0 Å². The van der Waals surface area contributed by atoms with Crippen molar-refractivity contribution in [2.45, 2.75) is 26.2 Å². The number of hydrogen-bond acceptors (Lipinski definition) is 3. The molecule has 0 saturated heterocycles. The molecular weight excluding hydrogens is 242 g/mol. The summed E-state index contributed by atoms with van der Waals surface area (Å²) >= 11 is 0. The quantitative estimate of drug-likeness (QED) is 0.580. The van der Waals surface area contributed by atoms with E-state index in [0.29, 0.717) is 13.0 Å². The summed E-state index contributed by atoms with van der Waals surface area (Å²) in [7, 11) is 0. The van der Waals surface area contributed by atoms with Gasteiger partial charge in [-0.05, 0) is 24.6 Å². The fourth-order valence-corrected chi connectivity index (χ4v) is 1.35. The van der Waals surface area contributed by atoms with Crippen LogP contribution in [0.15, 0.2) is 18.2 Å². The largest absolute Gasteiger partial charge is 0.466 e. The summed E-state index contributed by atoms with van der Waals surface area (Å²) in [5.74, 6) is -2.60. The van der Waals surface area contributed by atoms with Gasteiger partial charge in [-0.2, -0.15) is 0 Å². The molecule has 1 rings (SSSR count). The Labute approximate surface area is 104 Å². The second kappa shape index (κ2) is 6.83. The minimum atomic E-state index is -0.789. The third-order valence-corrected chi connectivity index (χ3v) is 2.25. The van der Waals surface area contributed by atoms with E-state index in [4.69, 9.17) is 4.74 Å². The Bertz CT molecular complexity index is 444. The molecule has 98 valence electrons. The van der Waals surface area contributed by atoms with E-state index in [1.54, 1.807) is 0 Å². The summed E-state index contributed by atoms with van der Waals surface area (Å²) in [4.78, 5) is 22.7. The lowest BCUT2D eigenvalue weighted by Gasteiger charge is -2.04. The monoisotopic (exact) mass is 256 g/mol. The van der Waals surface area contributed by atoms with E-state index >= 15 is 0 Å². The lowest BCUT2D eigenvalue weighted by molar-refractivity contribution is -0.143. The molecule has 0 aliphatic carbocycles. The Balaban J connectivity index is 2.55. The van der Waals surface area contributed by atoms with Crippen LogP contribution >= 0.6 is 0 Å². The van der Waals surface area contributed by atoms with Crippen molar-refractivity contribution in [2.24, 2.45) is 0 Å². The molecule has 0 heterocycles. The fraction of sp³-hybridized carbons (Fsp3) is 0.385. The van der Waals surface area contributed by atoms with Gasteiger partial charge in [0.1, 0.15) is 11.6 Å². The lowest BCUT2D eigenvalue weighted by atomic mass is 10.1. The second-order valence-corrected chi connectivity index (χ2v) is 3.77. The predicted molar refractivity (Wildman–Crippen MR) is 61.2 cm³/mol. The molecule has 18 heavy (non-hydrogen) atoms. The van der Waals surface area contributed by atoms with Gasteiger partial charge >= 0.3 is 5.97 Å². The van der Waals surface area contributed by atoms with Gasteiger partial charge in [0.25, 0.3) is 0 Å². The van der Waals surface area contributed by atoms with Crippen molar-refractivity contribution < 1.29 is 23.1 Å². The molecule has 5 heteroatoms. The minimum absolute atomic E-state index is 0.130. The van der Waals surface area contributed by atoms with Crippen LogP contribution < -0.4 is 0 Å². The first-order valence-corrected chi connectivity index (χ1v) is 5.68. The summed E-state index contributed by atoms with van der Waals surface area (Å²) in [5.41, 5.74) is -0.335. The molecule has 1 aromatic carbocycles. The summed E-state index contributed by atoms with van der Waals surface area (Å²) in [5, 5.41) is 0. The summed E-state index contributed by atoms with van der Waals surface area (Å²) < 4.78 is 30.9. The Morgan fingerprint density at radius 2 is 1.94 bits per heavy atom. The maximum atomic E-state index is 13.2. The summed E-state index contributed by atoms with van der Waals surface area (Å²) in [6, 6.07) is 2.65. The van der Waals surface area contributed by atoms with Crippen molar-refractivity contribution in [3.63, 3.8) is 0 Å². The number of Topliss-reactive ketones (excluding diaryl/α,β-unsaturated/α-hetero) is 1. The highest BCUT2D eigenvalue weighted by Crippen LogP contribution is 2.13. The van der Waals surface area contributed by atoms with Gasteiger partial charge in [-0.1, -0.05) is 6.92 Å². The maximum Gasteiger partial charge on any atom is 0.306 e. The van der Waals surface area contributed by atoms with E-state index < -0.39 is 23.4 Å². The van der Waals surface area contributed by atoms with Gasteiger partial charge in [-0.25, -0.2) is 8.78 Å². The molecule has 0 aliphatic heterocycles. The summed E-state index contributed by atoms with van der Waals surface area (Å²) in [6.45, 7) is 2.14. The third-order valence-electron chi connectivity index (χ3n) is 2.25. The minimum Gasteiger partial charge on any atom is -0.466 e. The van der Waals surface area contributed by atoms with Gasteiger partial charge in [0.05, 0.1) is 18.6 Å². The lowest BCUT2D eigenvalue weighted by Crippen LogP contribution is -2.10. The third kappa shape index (κ3) is 4.24.